The van der Waals surface area contributed by atoms with E-state index in [1.807, 2.05) is 6.07 Å². The van der Waals surface area contributed by atoms with Gasteiger partial charge in [-0.25, -0.2) is 9.78 Å². The molecule has 0 bridgehead atoms. The number of rotatable bonds is 5. The number of carbonyl (C=O) groups excluding carboxylic acids is 1. The number of nitro groups is 1. The third kappa shape index (κ3) is 5.02. The van der Waals surface area contributed by atoms with Crippen LogP contribution in [0.15, 0.2) is 48.7 Å². The number of nitrogens with two attached hydrogens (primary N) is 1. The van der Waals surface area contributed by atoms with Crippen LogP contribution in [-0.4, -0.2) is 57.0 Å². The van der Waals surface area contributed by atoms with Crippen LogP contribution < -0.4 is 10.5 Å². The first-order chi connectivity index (χ1) is 15.0. The highest BCUT2D eigenvalue weighted by atomic mass is 16.6. The number of pyridine rings is 1. The molecule has 0 radical (unpaired) electrons. The van der Waals surface area contributed by atoms with Crippen LogP contribution >= 0.6 is 0 Å². The maximum Gasteiger partial charge on any atom is 0.441 e. The number of benzene rings is 1. The predicted molar refractivity (Wildman–Crippen MR) is 110 cm³/mol. The van der Waals surface area contributed by atoms with Gasteiger partial charge in [-0.1, -0.05) is 12.1 Å². The Hall–Kier alpha value is -3.83. The van der Waals surface area contributed by atoms with Crippen LogP contribution in [0.1, 0.15) is 5.56 Å². The van der Waals surface area contributed by atoms with E-state index < -0.39 is 11.0 Å². The molecule has 11 nitrogen and oxygen atoms in total. The lowest BCUT2D eigenvalue weighted by Gasteiger charge is -2.26. The summed E-state index contributed by atoms with van der Waals surface area (Å²) in [5.41, 5.74) is 7.34. The number of anilines is 1. The predicted octanol–water partition coefficient (Wildman–Crippen LogP) is 2.31. The van der Waals surface area contributed by atoms with E-state index in [2.05, 4.69) is 15.0 Å². The van der Waals surface area contributed by atoms with E-state index >= 15 is 0 Å². The molecule has 0 spiro atoms. The summed E-state index contributed by atoms with van der Waals surface area (Å²) >= 11 is 0. The van der Waals surface area contributed by atoms with Gasteiger partial charge < -0.3 is 15.2 Å². The first kappa shape index (κ1) is 20.4. The van der Waals surface area contributed by atoms with Crippen LogP contribution in [0, 0.1) is 10.1 Å². The first-order valence-electron chi connectivity index (χ1n) is 9.57. The minimum absolute atomic E-state index is 0.0524. The van der Waals surface area contributed by atoms with Gasteiger partial charge >= 0.3 is 6.09 Å². The molecule has 1 saturated heterocycles. The Morgan fingerprint density at radius 3 is 2.74 bits per heavy atom. The van der Waals surface area contributed by atoms with Crippen molar-refractivity contribution in [3.8, 4) is 17.1 Å². The number of nitrogens with zero attached hydrogens (tertiary/aromatic N) is 5. The monoisotopic (exact) mass is 424 g/mol. The van der Waals surface area contributed by atoms with Crippen LogP contribution in [0.2, 0.25) is 0 Å². The molecule has 2 aromatic heterocycles. The number of nitro benzene ring substituents is 1. The Bertz CT molecular complexity index is 1110. The second-order valence-electron chi connectivity index (χ2n) is 6.95. The second-order valence-corrected chi connectivity index (χ2v) is 6.95. The van der Waals surface area contributed by atoms with Gasteiger partial charge in [0.05, 0.1) is 23.8 Å². The molecule has 2 N–H and O–H groups in total. The van der Waals surface area contributed by atoms with Crippen molar-refractivity contribution in [3.63, 3.8) is 0 Å². The minimum Gasteiger partial charge on any atom is -0.390 e. The van der Waals surface area contributed by atoms with E-state index in [-0.39, 0.29) is 17.4 Å². The summed E-state index contributed by atoms with van der Waals surface area (Å²) in [5.74, 6) is 0.245. The van der Waals surface area contributed by atoms with Crippen molar-refractivity contribution in [3.05, 3.63) is 64.3 Å². The highest BCUT2D eigenvalue weighted by Crippen LogP contribution is 2.26. The molecule has 0 aliphatic carbocycles. The van der Waals surface area contributed by atoms with Crippen molar-refractivity contribution in [2.75, 3.05) is 32.0 Å². The van der Waals surface area contributed by atoms with Crippen molar-refractivity contribution in [2.24, 2.45) is 0 Å². The van der Waals surface area contributed by atoms with Gasteiger partial charge in [0.1, 0.15) is 5.82 Å². The fourth-order valence-corrected chi connectivity index (χ4v) is 3.22. The highest BCUT2D eigenvalue weighted by molar-refractivity contribution is 5.73. The van der Waals surface area contributed by atoms with Crippen molar-refractivity contribution >= 4 is 17.6 Å². The standard InChI is InChI=1S/C20H20N6O5/c21-18-4-5-25(23-18)20(27)31-19-11-14(13-24-6-8-30-9-7-24)10-17(22-19)15-2-1-3-16(12-15)26(28)29/h1-5,10-12H,6-9,13H2,(H2,21,23). The Labute approximate surface area is 177 Å². The van der Waals surface area contributed by atoms with Gasteiger partial charge in [-0.15, -0.1) is 5.10 Å². The van der Waals surface area contributed by atoms with Crippen LogP contribution in [0.4, 0.5) is 16.3 Å². The number of nitrogen functional groups attached to an aromatic ring is 1. The molecular weight excluding hydrogens is 404 g/mol. The number of carbonyl (C=O) groups is 1. The van der Waals surface area contributed by atoms with E-state index in [4.69, 9.17) is 15.2 Å². The smallest absolute Gasteiger partial charge is 0.390 e. The zero-order chi connectivity index (χ0) is 21.8. The summed E-state index contributed by atoms with van der Waals surface area (Å²) in [6.07, 6.45) is 0.620. The third-order valence-corrected chi connectivity index (χ3v) is 4.71. The number of non-ortho nitro benzene ring substituents is 1. The van der Waals surface area contributed by atoms with Gasteiger partial charge in [-0.05, 0) is 11.6 Å². The fraction of sp³-hybridized carbons (Fsp3) is 0.250. The number of hydrogen-bond acceptors (Lipinski definition) is 9. The molecule has 11 heteroatoms. The molecular formula is C20H20N6O5. The Morgan fingerprint density at radius 2 is 2.03 bits per heavy atom. The minimum atomic E-state index is -0.766. The topological polar surface area (TPSA) is 139 Å². The van der Waals surface area contributed by atoms with Crippen LogP contribution in [0.5, 0.6) is 5.88 Å². The van der Waals surface area contributed by atoms with E-state index in [0.29, 0.717) is 31.0 Å². The summed E-state index contributed by atoms with van der Waals surface area (Å²) in [5, 5.41) is 15.0. The maximum atomic E-state index is 12.4. The SMILES string of the molecule is Nc1ccn(C(=O)Oc2cc(CN3CCOCC3)cc(-c3cccc([N+](=O)[O-])c3)n2)n1. The molecule has 0 saturated carbocycles. The quantitative estimate of drug-likeness (QED) is 0.483. The number of morpholine rings is 1. The van der Waals surface area contributed by atoms with Crippen molar-refractivity contribution < 1.29 is 19.2 Å². The van der Waals surface area contributed by atoms with E-state index in [1.165, 1.54) is 24.4 Å². The molecule has 1 aromatic carbocycles. The Kier molecular flexibility index (Phi) is 5.87. The molecule has 3 heterocycles. The zero-order valence-electron chi connectivity index (χ0n) is 16.5. The van der Waals surface area contributed by atoms with Gasteiger partial charge in [0.25, 0.3) is 5.69 Å². The zero-order valence-corrected chi connectivity index (χ0v) is 16.5. The first-order valence-corrected chi connectivity index (χ1v) is 9.57. The van der Waals surface area contributed by atoms with Gasteiger partial charge in [-0.3, -0.25) is 15.0 Å². The molecule has 31 heavy (non-hydrogen) atoms. The normalized spacial score (nSPS) is 14.3. The number of ether oxygens (including phenoxy) is 2. The molecule has 160 valence electrons. The second kappa shape index (κ2) is 8.90. The molecule has 0 unspecified atom stereocenters. The molecule has 0 atom stereocenters. The van der Waals surface area contributed by atoms with Gasteiger partial charge in [0.2, 0.25) is 5.88 Å². The van der Waals surface area contributed by atoms with Crippen LogP contribution in [-0.2, 0) is 11.3 Å². The van der Waals surface area contributed by atoms with Crippen LogP contribution in [0.25, 0.3) is 11.3 Å². The summed E-state index contributed by atoms with van der Waals surface area (Å²) in [6, 6.07) is 11.1. The van der Waals surface area contributed by atoms with E-state index in [9.17, 15) is 14.9 Å². The van der Waals surface area contributed by atoms with E-state index in [0.717, 1.165) is 23.3 Å². The largest absolute Gasteiger partial charge is 0.441 e. The highest BCUT2D eigenvalue weighted by Gasteiger charge is 2.17. The Balaban J connectivity index is 1.66. The molecule has 1 aliphatic rings. The van der Waals surface area contributed by atoms with E-state index in [1.54, 1.807) is 18.2 Å². The molecule has 0 amide bonds. The summed E-state index contributed by atoms with van der Waals surface area (Å²) in [4.78, 5) is 29.7. The average molecular weight is 424 g/mol. The number of hydrogen-bond donors (Lipinski definition) is 1. The third-order valence-electron chi connectivity index (χ3n) is 4.71. The summed E-state index contributed by atoms with van der Waals surface area (Å²) in [6.45, 7) is 3.43. The van der Waals surface area contributed by atoms with Crippen molar-refractivity contribution in [1.29, 1.82) is 0 Å². The molecule has 4 rings (SSSR count). The fourth-order valence-electron chi connectivity index (χ4n) is 3.22. The van der Waals surface area contributed by atoms with Crippen molar-refractivity contribution in [2.45, 2.75) is 6.54 Å². The Morgan fingerprint density at radius 1 is 1.23 bits per heavy atom. The summed E-state index contributed by atoms with van der Waals surface area (Å²) < 4.78 is 11.8. The van der Waals surface area contributed by atoms with Crippen LogP contribution in [0.3, 0.4) is 0 Å². The maximum absolute atomic E-state index is 12.4. The summed E-state index contributed by atoms with van der Waals surface area (Å²) in [7, 11) is 0. The van der Waals surface area contributed by atoms with Crippen molar-refractivity contribution in [1.82, 2.24) is 19.7 Å². The number of aromatic nitrogens is 3. The van der Waals surface area contributed by atoms with Gasteiger partial charge in [-0.2, -0.15) is 4.68 Å². The van der Waals surface area contributed by atoms with Gasteiger partial charge in [0, 0.05) is 55.7 Å². The lowest BCUT2D eigenvalue weighted by molar-refractivity contribution is -0.384. The molecule has 3 aromatic rings. The van der Waals surface area contributed by atoms with Gasteiger partial charge in [0.15, 0.2) is 0 Å². The molecule has 1 aliphatic heterocycles. The lowest BCUT2D eigenvalue weighted by Crippen LogP contribution is -2.35. The molecule has 1 fully saturated rings. The average Bonchev–Trinajstić information content (AvgIpc) is 3.21. The lowest BCUT2D eigenvalue weighted by atomic mass is 10.1.